The molecule has 1 heterocycles. The molecule has 2 aromatic rings. The van der Waals surface area contributed by atoms with Crippen molar-refractivity contribution in [3.63, 3.8) is 0 Å². The molecule has 0 fully saturated rings. The van der Waals surface area contributed by atoms with Crippen LogP contribution in [0.3, 0.4) is 0 Å². The maximum atomic E-state index is 11.8. The lowest BCUT2D eigenvalue weighted by molar-refractivity contribution is -0.131. The Labute approximate surface area is 111 Å². The standard InChI is InChI=1S/C15H16O4/c1-7-6-12-8(2)9(3)15(17)19-14(12)10(4)13(7)18-11(5)16/h6H,1-5H3. The summed E-state index contributed by atoms with van der Waals surface area (Å²) in [5.41, 5.74) is 3.14. The van der Waals surface area contributed by atoms with Gasteiger partial charge in [-0.25, -0.2) is 4.79 Å². The number of benzene rings is 1. The monoisotopic (exact) mass is 260 g/mol. The van der Waals surface area contributed by atoms with Gasteiger partial charge in [0.05, 0.1) is 0 Å². The zero-order valence-electron chi connectivity index (χ0n) is 11.7. The van der Waals surface area contributed by atoms with E-state index in [0.717, 1.165) is 16.5 Å². The maximum absolute atomic E-state index is 11.8. The van der Waals surface area contributed by atoms with Gasteiger partial charge >= 0.3 is 11.6 Å². The summed E-state index contributed by atoms with van der Waals surface area (Å²) < 4.78 is 10.5. The van der Waals surface area contributed by atoms with Crippen LogP contribution in [-0.4, -0.2) is 5.97 Å². The fourth-order valence-electron chi connectivity index (χ4n) is 2.18. The molecule has 0 bridgehead atoms. The Bertz CT molecular complexity index is 738. The summed E-state index contributed by atoms with van der Waals surface area (Å²) in [5.74, 6) is 0.0723. The number of fused-ring (bicyclic) bond motifs is 1. The minimum atomic E-state index is -0.392. The summed E-state index contributed by atoms with van der Waals surface area (Å²) in [7, 11) is 0. The maximum Gasteiger partial charge on any atom is 0.339 e. The summed E-state index contributed by atoms with van der Waals surface area (Å²) in [6.07, 6.45) is 0. The first kappa shape index (κ1) is 13.3. The first-order valence-corrected chi connectivity index (χ1v) is 6.05. The number of aryl methyl sites for hydroxylation is 3. The van der Waals surface area contributed by atoms with Gasteiger partial charge in [0, 0.05) is 23.4 Å². The van der Waals surface area contributed by atoms with Crippen molar-refractivity contribution in [1.29, 1.82) is 0 Å². The summed E-state index contributed by atoms with van der Waals surface area (Å²) in [6, 6.07) is 1.88. The van der Waals surface area contributed by atoms with Crippen molar-refractivity contribution in [3.05, 3.63) is 38.7 Å². The molecule has 0 aliphatic rings. The second-order valence-corrected chi connectivity index (χ2v) is 4.76. The average molecular weight is 260 g/mol. The molecule has 100 valence electrons. The molecule has 0 saturated heterocycles. The zero-order chi connectivity index (χ0) is 14.3. The summed E-state index contributed by atoms with van der Waals surface area (Å²) in [6.45, 7) is 8.62. The summed E-state index contributed by atoms with van der Waals surface area (Å²) in [4.78, 5) is 22.9. The third-order valence-electron chi connectivity index (χ3n) is 3.36. The van der Waals surface area contributed by atoms with Crippen LogP contribution in [-0.2, 0) is 4.79 Å². The number of carbonyl (C=O) groups excluding carboxylic acids is 1. The molecule has 0 unspecified atom stereocenters. The Kier molecular flexibility index (Phi) is 3.18. The highest BCUT2D eigenvalue weighted by Crippen LogP contribution is 2.32. The van der Waals surface area contributed by atoms with Crippen LogP contribution in [0.15, 0.2) is 15.3 Å². The van der Waals surface area contributed by atoms with Crippen molar-refractivity contribution in [3.8, 4) is 5.75 Å². The Hall–Kier alpha value is -2.10. The van der Waals surface area contributed by atoms with E-state index >= 15 is 0 Å². The Morgan fingerprint density at radius 1 is 1.11 bits per heavy atom. The number of hydrogen-bond donors (Lipinski definition) is 0. The lowest BCUT2D eigenvalue weighted by Crippen LogP contribution is -2.09. The van der Waals surface area contributed by atoms with Gasteiger partial charge in [-0.05, 0) is 44.9 Å². The molecule has 1 aromatic heterocycles. The first-order valence-electron chi connectivity index (χ1n) is 6.05. The topological polar surface area (TPSA) is 56.5 Å². The van der Waals surface area contributed by atoms with E-state index in [1.165, 1.54) is 6.92 Å². The minimum Gasteiger partial charge on any atom is -0.426 e. The van der Waals surface area contributed by atoms with Crippen LogP contribution >= 0.6 is 0 Å². The van der Waals surface area contributed by atoms with Gasteiger partial charge in [0.1, 0.15) is 11.3 Å². The second kappa shape index (κ2) is 4.53. The van der Waals surface area contributed by atoms with Crippen LogP contribution < -0.4 is 10.4 Å². The highest BCUT2D eigenvalue weighted by Gasteiger charge is 2.16. The molecule has 2 rings (SSSR count). The number of hydrogen-bond acceptors (Lipinski definition) is 4. The second-order valence-electron chi connectivity index (χ2n) is 4.76. The first-order chi connectivity index (χ1) is 8.82. The Morgan fingerprint density at radius 2 is 1.74 bits per heavy atom. The Morgan fingerprint density at radius 3 is 2.32 bits per heavy atom. The summed E-state index contributed by atoms with van der Waals surface area (Å²) >= 11 is 0. The molecule has 4 heteroatoms. The fourth-order valence-corrected chi connectivity index (χ4v) is 2.18. The molecule has 0 radical (unpaired) electrons. The molecule has 0 saturated carbocycles. The normalized spacial score (nSPS) is 10.8. The van der Waals surface area contributed by atoms with E-state index in [1.54, 1.807) is 13.8 Å². The third kappa shape index (κ3) is 2.14. The molecular weight excluding hydrogens is 244 g/mol. The van der Waals surface area contributed by atoms with Crippen LogP contribution in [0, 0.1) is 27.7 Å². The van der Waals surface area contributed by atoms with E-state index in [9.17, 15) is 9.59 Å². The highest BCUT2D eigenvalue weighted by molar-refractivity contribution is 5.87. The van der Waals surface area contributed by atoms with E-state index in [1.807, 2.05) is 19.9 Å². The molecule has 19 heavy (non-hydrogen) atoms. The van der Waals surface area contributed by atoms with E-state index < -0.39 is 5.97 Å². The van der Waals surface area contributed by atoms with Crippen LogP contribution in [0.4, 0.5) is 0 Å². The van der Waals surface area contributed by atoms with Gasteiger partial charge in [0.2, 0.25) is 0 Å². The molecule has 0 aliphatic heterocycles. The predicted molar refractivity (Wildman–Crippen MR) is 72.7 cm³/mol. The zero-order valence-corrected chi connectivity index (χ0v) is 11.7. The van der Waals surface area contributed by atoms with Gasteiger partial charge in [-0.2, -0.15) is 0 Å². The SMILES string of the molecule is CC(=O)Oc1c(C)cc2c(C)c(C)c(=O)oc2c1C. The highest BCUT2D eigenvalue weighted by atomic mass is 16.5. The van der Waals surface area contributed by atoms with Crippen LogP contribution in [0.25, 0.3) is 11.0 Å². The number of carbonyl (C=O) groups is 1. The molecule has 0 atom stereocenters. The molecule has 0 aliphatic carbocycles. The molecule has 0 amide bonds. The lowest BCUT2D eigenvalue weighted by Gasteiger charge is -2.13. The van der Waals surface area contributed by atoms with E-state index in [-0.39, 0.29) is 5.63 Å². The van der Waals surface area contributed by atoms with E-state index in [2.05, 4.69) is 0 Å². The summed E-state index contributed by atoms with van der Waals surface area (Å²) in [5, 5.41) is 0.878. The molecule has 0 spiro atoms. The molecular formula is C15H16O4. The van der Waals surface area contributed by atoms with Crippen molar-refractivity contribution in [2.45, 2.75) is 34.6 Å². The molecule has 4 nitrogen and oxygen atoms in total. The minimum absolute atomic E-state index is 0.356. The van der Waals surface area contributed by atoms with Gasteiger partial charge in [0.15, 0.2) is 0 Å². The predicted octanol–water partition coefficient (Wildman–Crippen LogP) is 2.95. The largest absolute Gasteiger partial charge is 0.426 e. The van der Waals surface area contributed by atoms with Crippen LogP contribution in [0.2, 0.25) is 0 Å². The number of rotatable bonds is 1. The fraction of sp³-hybridized carbons (Fsp3) is 0.333. The third-order valence-corrected chi connectivity index (χ3v) is 3.36. The van der Waals surface area contributed by atoms with Gasteiger partial charge < -0.3 is 9.15 Å². The van der Waals surface area contributed by atoms with Crippen molar-refractivity contribution in [1.82, 2.24) is 0 Å². The van der Waals surface area contributed by atoms with Crippen molar-refractivity contribution in [2.75, 3.05) is 0 Å². The van der Waals surface area contributed by atoms with Crippen LogP contribution in [0.1, 0.15) is 29.2 Å². The van der Waals surface area contributed by atoms with Gasteiger partial charge in [0.25, 0.3) is 0 Å². The lowest BCUT2D eigenvalue weighted by atomic mass is 10.0. The van der Waals surface area contributed by atoms with Gasteiger partial charge in [-0.3, -0.25) is 4.79 Å². The van der Waals surface area contributed by atoms with Gasteiger partial charge in [-0.15, -0.1) is 0 Å². The van der Waals surface area contributed by atoms with E-state index in [0.29, 0.717) is 22.5 Å². The van der Waals surface area contributed by atoms with Gasteiger partial charge in [-0.1, -0.05) is 0 Å². The molecule has 0 N–H and O–H groups in total. The van der Waals surface area contributed by atoms with E-state index in [4.69, 9.17) is 9.15 Å². The van der Waals surface area contributed by atoms with Crippen molar-refractivity contribution >= 4 is 16.9 Å². The number of esters is 1. The Balaban J connectivity index is 2.89. The van der Waals surface area contributed by atoms with Crippen LogP contribution in [0.5, 0.6) is 5.75 Å². The van der Waals surface area contributed by atoms with Crippen molar-refractivity contribution < 1.29 is 13.9 Å². The average Bonchev–Trinajstić information content (AvgIpc) is 2.33. The van der Waals surface area contributed by atoms with Crippen molar-refractivity contribution in [2.24, 2.45) is 0 Å². The molecule has 1 aromatic carbocycles. The quantitative estimate of drug-likeness (QED) is 0.449. The smallest absolute Gasteiger partial charge is 0.339 e. The number of ether oxygens (including phenoxy) is 1.